The standard InChI is InChI=1S/C19H20N4O3/c1-11(2)23(19(25)15-9-16(26-22-15)12-7-8-12)10-17-20-14-6-4-3-5-13(14)18(24)21-17/h3-6,9,11-12H,7-8,10H2,1-2H3,(H,20,21,24). The zero-order chi connectivity index (χ0) is 18.3. The first-order valence-electron chi connectivity index (χ1n) is 8.78. The van der Waals surface area contributed by atoms with Gasteiger partial charge in [0.15, 0.2) is 5.69 Å². The molecule has 0 spiro atoms. The number of benzene rings is 1. The van der Waals surface area contributed by atoms with Crippen molar-refractivity contribution in [3.05, 3.63) is 58.0 Å². The summed E-state index contributed by atoms with van der Waals surface area (Å²) in [5.41, 5.74) is 0.697. The van der Waals surface area contributed by atoms with Crippen LogP contribution in [0.5, 0.6) is 0 Å². The fourth-order valence-corrected chi connectivity index (χ4v) is 2.96. The van der Waals surface area contributed by atoms with Gasteiger partial charge in [-0.3, -0.25) is 9.59 Å². The molecular weight excluding hydrogens is 332 g/mol. The van der Waals surface area contributed by atoms with E-state index < -0.39 is 0 Å². The molecule has 0 radical (unpaired) electrons. The molecule has 1 saturated carbocycles. The van der Waals surface area contributed by atoms with Crippen LogP contribution in [0.1, 0.15) is 54.7 Å². The number of H-pyrrole nitrogens is 1. The fourth-order valence-electron chi connectivity index (χ4n) is 2.96. The second-order valence-corrected chi connectivity index (χ2v) is 6.95. The smallest absolute Gasteiger partial charge is 0.276 e. The maximum Gasteiger partial charge on any atom is 0.276 e. The number of carbonyl (C=O) groups is 1. The van der Waals surface area contributed by atoms with Crippen molar-refractivity contribution in [1.82, 2.24) is 20.0 Å². The Morgan fingerprint density at radius 2 is 2.12 bits per heavy atom. The molecule has 1 aromatic carbocycles. The summed E-state index contributed by atoms with van der Waals surface area (Å²) < 4.78 is 5.30. The van der Waals surface area contributed by atoms with Crippen molar-refractivity contribution in [1.29, 1.82) is 0 Å². The summed E-state index contributed by atoms with van der Waals surface area (Å²) in [6.07, 6.45) is 2.16. The highest BCUT2D eigenvalue weighted by Gasteiger charge is 2.30. The summed E-state index contributed by atoms with van der Waals surface area (Å²) in [4.78, 5) is 34.0. The van der Waals surface area contributed by atoms with E-state index in [0.717, 1.165) is 18.6 Å². The largest absolute Gasteiger partial charge is 0.360 e. The number of hydrogen-bond acceptors (Lipinski definition) is 5. The second-order valence-electron chi connectivity index (χ2n) is 6.95. The van der Waals surface area contributed by atoms with E-state index in [9.17, 15) is 9.59 Å². The monoisotopic (exact) mass is 352 g/mol. The van der Waals surface area contributed by atoms with E-state index in [4.69, 9.17) is 4.52 Å². The first-order chi connectivity index (χ1) is 12.5. The highest BCUT2D eigenvalue weighted by molar-refractivity contribution is 5.92. The van der Waals surface area contributed by atoms with Gasteiger partial charge < -0.3 is 14.4 Å². The lowest BCUT2D eigenvalue weighted by Gasteiger charge is -2.25. The molecule has 2 aromatic heterocycles. The summed E-state index contributed by atoms with van der Waals surface area (Å²) in [6, 6.07) is 8.79. The number of aromatic nitrogens is 3. The van der Waals surface area contributed by atoms with Crippen LogP contribution in [0.3, 0.4) is 0 Å². The average molecular weight is 352 g/mol. The molecule has 3 aromatic rings. The Kier molecular flexibility index (Phi) is 4.06. The molecule has 1 aliphatic carbocycles. The Morgan fingerprint density at radius 1 is 1.35 bits per heavy atom. The van der Waals surface area contributed by atoms with E-state index in [1.54, 1.807) is 29.2 Å². The topological polar surface area (TPSA) is 92.1 Å². The van der Waals surface area contributed by atoms with Gasteiger partial charge >= 0.3 is 0 Å². The number of nitrogens with one attached hydrogen (secondary N) is 1. The van der Waals surface area contributed by atoms with E-state index in [0.29, 0.717) is 28.3 Å². The van der Waals surface area contributed by atoms with Gasteiger partial charge in [-0.15, -0.1) is 0 Å². The number of para-hydroxylation sites is 1. The minimum atomic E-state index is -0.230. The van der Waals surface area contributed by atoms with Crippen molar-refractivity contribution in [3.8, 4) is 0 Å². The maximum atomic E-state index is 12.9. The lowest BCUT2D eigenvalue weighted by atomic mass is 10.2. The predicted molar refractivity (Wildman–Crippen MR) is 95.9 cm³/mol. The van der Waals surface area contributed by atoms with E-state index in [2.05, 4.69) is 15.1 Å². The van der Waals surface area contributed by atoms with Crippen LogP contribution >= 0.6 is 0 Å². The van der Waals surface area contributed by atoms with E-state index in [1.807, 2.05) is 19.9 Å². The zero-order valence-corrected chi connectivity index (χ0v) is 14.7. The maximum absolute atomic E-state index is 12.9. The lowest BCUT2D eigenvalue weighted by molar-refractivity contribution is 0.0674. The Bertz CT molecular complexity index is 1020. The molecule has 26 heavy (non-hydrogen) atoms. The van der Waals surface area contributed by atoms with Gasteiger partial charge in [0.2, 0.25) is 0 Å². The summed E-state index contributed by atoms with van der Waals surface area (Å²) in [5.74, 6) is 1.39. The summed E-state index contributed by atoms with van der Waals surface area (Å²) in [6.45, 7) is 4.03. The molecule has 1 aliphatic rings. The van der Waals surface area contributed by atoms with Gasteiger partial charge in [0, 0.05) is 18.0 Å². The van der Waals surface area contributed by atoms with Crippen molar-refractivity contribution in [3.63, 3.8) is 0 Å². The van der Waals surface area contributed by atoms with Gasteiger partial charge in [-0.25, -0.2) is 4.98 Å². The van der Waals surface area contributed by atoms with E-state index in [-0.39, 0.29) is 24.1 Å². The lowest BCUT2D eigenvalue weighted by Crippen LogP contribution is -2.37. The second kappa shape index (κ2) is 6.40. The summed E-state index contributed by atoms with van der Waals surface area (Å²) >= 11 is 0. The van der Waals surface area contributed by atoms with Gasteiger partial charge in [-0.05, 0) is 38.8 Å². The third-order valence-corrected chi connectivity index (χ3v) is 4.59. The first-order valence-corrected chi connectivity index (χ1v) is 8.78. The van der Waals surface area contributed by atoms with Crippen LogP contribution in [0.15, 0.2) is 39.6 Å². The molecule has 7 heteroatoms. The van der Waals surface area contributed by atoms with E-state index >= 15 is 0 Å². The number of aromatic amines is 1. The van der Waals surface area contributed by atoms with Gasteiger partial charge in [0.25, 0.3) is 11.5 Å². The number of amides is 1. The zero-order valence-electron chi connectivity index (χ0n) is 14.7. The number of nitrogens with zero attached hydrogens (tertiary/aromatic N) is 3. The Balaban J connectivity index is 1.62. The fraction of sp³-hybridized carbons (Fsp3) is 0.368. The quantitative estimate of drug-likeness (QED) is 0.762. The molecule has 1 N–H and O–H groups in total. The van der Waals surface area contributed by atoms with Gasteiger partial charge in [-0.2, -0.15) is 0 Å². The molecule has 1 amide bonds. The molecule has 0 saturated heterocycles. The Morgan fingerprint density at radius 3 is 2.85 bits per heavy atom. The highest BCUT2D eigenvalue weighted by atomic mass is 16.5. The Labute approximate surface area is 150 Å². The third kappa shape index (κ3) is 3.12. The van der Waals surface area contributed by atoms with Crippen molar-refractivity contribution < 1.29 is 9.32 Å². The van der Waals surface area contributed by atoms with Crippen LogP contribution in [0.25, 0.3) is 10.9 Å². The molecule has 1 fully saturated rings. The number of carbonyl (C=O) groups excluding carboxylic acids is 1. The minimum Gasteiger partial charge on any atom is -0.360 e. The number of hydrogen-bond donors (Lipinski definition) is 1. The number of rotatable bonds is 5. The van der Waals surface area contributed by atoms with Gasteiger partial charge in [-0.1, -0.05) is 17.3 Å². The van der Waals surface area contributed by atoms with E-state index in [1.165, 1.54) is 0 Å². The Hall–Kier alpha value is -2.96. The molecule has 4 rings (SSSR count). The summed E-state index contributed by atoms with van der Waals surface area (Å²) in [7, 11) is 0. The van der Waals surface area contributed by atoms with Crippen LogP contribution in [-0.2, 0) is 6.54 Å². The van der Waals surface area contributed by atoms with Crippen molar-refractivity contribution in [2.75, 3.05) is 0 Å². The third-order valence-electron chi connectivity index (χ3n) is 4.59. The predicted octanol–water partition coefficient (Wildman–Crippen LogP) is 2.84. The van der Waals surface area contributed by atoms with Crippen molar-refractivity contribution in [2.45, 2.75) is 45.2 Å². The van der Waals surface area contributed by atoms with Crippen LogP contribution in [0, 0.1) is 0 Å². The number of fused-ring (bicyclic) bond motifs is 1. The molecule has 0 bridgehead atoms. The van der Waals surface area contributed by atoms with Crippen molar-refractivity contribution >= 4 is 16.8 Å². The molecule has 0 atom stereocenters. The molecule has 0 aliphatic heterocycles. The van der Waals surface area contributed by atoms with Crippen LogP contribution in [-0.4, -0.2) is 32.0 Å². The minimum absolute atomic E-state index is 0.0830. The average Bonchev–Trinajstić information content (AvgIpc) is 3.36. The highest BCUT2D eigenvalue weighted by Crippen LogP contribution is 2.40. The molecule has 134 valence electrons. The molecule has 0 unspecified atom stereocenters. The molecule has 7 nitrogen and oxygen atoms in total. The first kappa shape index (κ1) is 16.5. The molecule has 2 heterocycles. The SMILES string of the molecule is CC(C)N(Cc1nc2ccccc2c(=O)[nH]1)C(=O)c1cc(C2CC2)on1. The van der Waals surface area contributed by atoms with Crippen LogP contribution in [0.4, 0.5) is 0 Å². The van der Waals surface area contributed by atoms with Crippen LogP contribution in [0.2, 0.25) is 0 Å². The van der Waals surface area contributed by atoms with Gasteiger partial charge in [0.1, 0.15) is 11.6 Å². The van der Waals surface area contributed by atoms with Gasteiger partial charge in [0.05, 0.1) is 17.4 Å². The van der Waals surface area contributed by atoms with Crippen LogP contribution < -0.4 is 5.56 Å². The summed E-state index contributed by atoms with van der Waals surface area (Å²) in [5, 5.41) is 4.46. The normalized spacial score (nSPS) is 14.1. The van der Waals surface area contributed by atoms with Crippen molar-refractivity contribution in [2.24, 2.45) is 0 Å². The molecular formula is C19H20N4O3.